The molecule has 1 fully saturated rings. The molecule has 2 aromatic rings. The average molecular weight is 245 g/mol. The summed E-state index contributed by atoms with van der Waals surface area (Å²) in [4.78, 5) is 8.69. The number of fused-ring (bicyclic) bond motifs is 1. The Labute approximate surface area is 105 Å². The minimum Gasteiger partial charge on any atom is -0.316 e. The van der Waals surface area contributed by atoms with Gasteiger partial charge in [0.1, 0.15) is 17.2 Å². The number of aromatic nitrogens is 2. The Bertz CT molecular complexity index is 550. The quantitative estimate of drug-likeness (QED) is 0.882. The van der Waals surface area contributed by atoms with E-state index in [0.717, 1.165) is 30.7 Å². The van der Waals surface area contributed by atoms with Crippen LogP contribution in [0.2, 0.25) is 0 Å². The highest BCUT2D eigenvalue weighted by molar-refractivity contribution is 5.77. The first-order chi connectivity index (χ1) is 8.83. The third-order valence-corrected chi connectivity index (χ3v) is 3.48. The largest absolute Gasteiger partial charge is 0.316 e. The van der Waals surface area contributed by atoms with Gasteiger partial charge in [-0.15, -0.1) is 0 Å². The zero-order valence-corrected chi connectivity index (χ0v) is 10.2. The van der Waals surface area contributed by atoms with Gasteiger partial charge >= 0.3 is 0 Å². The van der Waals surface area contributed by atoms with Crippen LogP contribution in [0.1, 0.15) is 18.7 Å². The third-order valence-electron chi connectivity index (χ3n) is 3.48. The lowest BCUT2D eigenvalue weighted by Gasteiger charge is -2.21. The number of halogens is 1. The van der Waals surface area contributed by atoms with Crippen molar-refractivity contribution in [3.8, 4) is 0 Å². The highest BCUT2D eigenvalue weighted by atomic mass is 19.1. The van der Waals surface area contributed by atoms with Gasteiger partial charge in [0, 0.05) is 18.0 Å². The van der Waals surface area contributed by atoms with Crippen molar-refractivity contribution in [2.75, 3.05) is 13.1 Å². The number of para-hydroxylation sites is 1. The topological polar surface area (TPSA) is 37.8 Å². The lowest BCUT2D eigenvalue weighted by atomic mass is 9.96. The molecule has 4 heteroatoms. The molecule has 1 atom stereocenters. The Kier molecular flexibility index (Phi) is 3.19. The smallest absolute Gasteiger partial charge is 0.149 e. The molecule has 1 aliphatic heterocycles. The van der Waals surface area contributed by atoms with Gasteiger partial charge in [0.2, 0.25) is 0 Å². The molecule has 1 N–H and O–H groups in total. The number of piperidine rings is 1. The van der Waals surface area contributed by atoms with Crippen LogP contribution in [-0.4, -0.2) is 23.1 Å². The fourth-order valence-corrected chi connectivity index (χ4v) is 2.51. The van der Waals surface area contributed by atoms with Crippen molar-refractivity contribution in [1.29, 1.82) is 0 Å². The first kappa shape index (κ1) is 11.5. The van der Waals surface area contributed by atoms with Crippen LogP contribution in [0.3, 0.4) is 0 Å². The zero-order chi connectivity index (χ0) is 12.4. The summed E-state index contributed by atoms with van der Waals surface area (Å²) in [6, 6.07) is 4.97. The van der Waals surface area contributed by atoms with Crippen LogP contribution < -0.4 is 5.32 Å². The Morgan fingerprint density at radius 2 is 2.33 bits per heavy atom. The van der Waals surface area contributed by atoms with Gasteiger partial charge in [-0.3, -0.25) is 0 Å². The Balaban J connectivity index is 1.86. The van der Waals surface area contributed by atoms with E-state index in [1.54, 1.807) is 12.3 Å². The van der Waals surface area contributed by atoms with E-state index in [4.69, 9.17) is 0 Å². The van der Waals surface area contributed by atoms with Crippen molar-refractivity contribution in [3.63, 3.8) is 0 Å². The zero-order valence-electron chi connectivity index (χ0n) is 10.2. The molecule has 3 nitrogen and oxygen atoms in total. The summed E-state index contributed by atoms with van der Waals surface area (Å²) in [5.41, 5.74) is 0.436. The molecule has 94 valence electrons. The summed E-state index contributed by atoms with van der Waals surface area (Å²) in [5.74, 6) is 1.06. The highest BCUT2D eigenvalue weighted by Crippen LogP contribution is 2.18. The van der Waals surface area contributed by atoms with Crippen LogP contribution in [-0.2, 0) is 6.42 Å². The fourth-order valence-electron chi connectivity index (χ4n) is 2.51. The second-order valence-corrected chi connectivity index (χ2v) is 4.88. The van der Waals surface area contributed by atoms with Crippen molar-refractivity contribution in [2.45, 2.75) is 19.3 Å². The summed E-state index contributed by atoms with van der Waals surface area (Å²) in [6.07, 6.45) is 4.95. The molecule has 0 amide bonds. The van der Waals surface area contributed by atoms with E-state index in [0.29, 0.717) is 11.4 Å². The summed E-state index contributed by atoms with van der Waals surface area (Å²) in [5, 5.41) is 4.14. The van der Waals surface area contributed by atoms with Gasteiger partial charge in [-0.05, 0) is 37.9 Å². The second-order valence-electron chi connectivity index (χ2n) is 4.88. The SMILES string of the molecule is Fc1cccc2cnc(CC3CCCNC3)nc12. The molecular formula is C14H16FN3. The minimum absolute atomic E-state index is 0.266. The van der Waals surface area contributed by atoms with Gasteiger partial charge in [0.25, 0.3) is 0 Å². The number of hydrogen-bond donors (Lipinski definition) is 1. The van der Waals surface area contributed by atoms with Crippen molar-refractivity contribution in [1.82, 2.24) is 15.3 Å². The number of nitrogens with one attached hydrogen (secondary N) is 1. The van der Waals surface area contributed by atoms with Crippen molar-refractivity contribution < 1.29 is 4.39 Å². The molecule has 18 heavy (non-hydrogen) atoms. The number of benzene rings is 1. The molecule has 0 aliphatic carbocycles. The van der Waals surface area contributed by atoms with E-state index in [9.17, 15) is 4.39 Å². The Morgan fingerprint density at radius 1 is 1.39 bits per heavy atom. The van der Waals surface area contributed by atoms with Crippen LogP contribution in [0, 0.1) is 11.7 Å². The maximum Gasteiger partial charge on any atom is 0.149 e. The molecule has 3 rings (SSSR count). The maximum absolute atomic E-state index is 13.6. The fraction of sp³-hybridized carbons (Fsp3) is 0.429. The predicted molar refractivity (Wildman–Crippen MR) is 68.8 cm³/mol. The monoisotopic (exact) mass is 245 g/mol. The van der Waals surface area contributed by atoms with Gasteiger partial charge in [-0.1, -0.05) is 12.1 Å². The van der Waals surface area contributed by atoms with E-state index >= 15 is 0 Å². The molecule has 0 radical (unpaired) electrons. The average Bonchev–Trinajstić information content (AvgIpc) is 2.41. The summed E-state index contributed by atoms with van der Waals surface area (Å²) < 4.78 is 13.6. The first-order valence-electron chi connectivity index (χ1n) is 6.44. The molecule has 1 unspecified atom stereocenters. The molecule has 0 bridgehead atoms. The first-order valence-corrected chi connectivity index (χ1v) is 6.44. The van der Waals surface area contributed by atoms with Gasteiger partial charge in [0.15, 0.2) is 0 Å². The molecule has 1 aromatic heterocycles. The number of rotatable bonds is 2. The van der Waals surface area contributed by atoms with Crippen LogP contribution in [0.5, 0.6) is 0 Å². The summed E-state index contributed by atoms with van der Waals surface area (Å²) >= 11 is 0. The van der Waals surface area contributed by atoms with Crippen molar-refractivity contribution in [3.05, 3.63) is 36.0 Å². The van der Waals surface area contributed by atoms with E-state index in [2.05, 4.69) is 15.3 Å². The number of hydrogen-bond acceptors (Lipinski definition) is 3. The van der Waals surface area contributed by atoms with Gasteiger partial charge in [-0.2, -0.15) is 0 Å². The third kappa shape index (κ3) is 2.34. The molecule has 0 saturated carbocycles. The van der Waals surface area contributed by atoms with Crippen LogP contribution >= 0.6 is 0 Å². The molecule has 1 aliphatic rings. The minimum atomic E-state index is -0.266. The molecule has 0 spiro atoms. The van der Waals surface area contributed by atoms with Crippen LogP contribution in [0.15, 0.2) is 24.4 Å². The normalized spacial score (nSPS) is 20.2. The Hall–Kier alpha value is -1.55. The van der Waals surface area contributed by atoms with Gasteiger partial charge in [-0.25, -0.2) is 14.4 Å². The summed E-state index contributed by atoms with van der Waals surface area (Å²) in [7, 11) is 0. The van der Waals surface area contributed by atoms with Crippen molar-refractivity contribution in [2.24, 2.45) is 5.92 Å². The lowest BCUT2D eigenvalue weighted by molar-refractivity contribution is 0.371. The second kappa shape index (κ2) is 4.98. The van der Waals surface area contributed by atoms with E-state index < -0.39 is 0 Å². The molecular weight excluding hydrogens is 229 g/mol. The lowest BCUT2D eigenvalue weighted by Crippen LogP contribution is -2.31. The van der Waals surface area contributed by atoms with E-state index in [1.807, 2.05) is 6.07 Å². The highest BCUT2D eigenvalue weighted by Gasteiger charge is 2.15. The van der Waals surface area contributed by atoms with Gasteiger partial charge in [0.05, 0.1) is 0 Å². The van der Waals surface area contributed by atoms with E-state index in [-0.39, 0.29) is 5.82 Å². The molecule has 1 aromatic carbocycles. The Morgan fingerprint density at radius 3 is 3.17 bits per heavy atom. The van der Waals surface area contributed by atoms with Crippen LogP contribution in [0.25, 0.3) is 10.9 Å². The van der Waals surface area contributed by atoms with Crippen molar-refractivity contribution >= 4 is 10.9 Å². The number of nitrogens with zero attached hydrogens (tertiary/aromatic N) is 2. The molecule has 1 saturated heterocycles. The standard InChI is InChI=1S/C14H16FN3/c15-12-5-1-4-11-9-17-13(18-14(11)12)7-10-3-2-6-16-8-10/h1,4-5,9-10,16H,2-3,6-8H2. The van der Waals surface area contributed by atoms with Gasteiger partial charge < -0.3 is 5.32 Å². The predicted octanol–water partition coefficient (Wildman–Crippen LogP) is 2.31. The van der Waals surface area contributed by atoms with E-state index in [1.165, 1.54) is 18.9 Å². The molecule has 2 heterocycles. The van der Waals surface area contributed by atoms with Crippen LogP contribution in [0.4, 0.5) is 4.39 Å². The summed E-state index contributed by atoms with van der Waals surface area (Å²) in [6.45, 7) is 2.11. The maximum atomic E-state index is 13.6.